The smallest absolute Gasteiger partial charge is 0.211 e. The van der Waals surface area contributed by atoms with E-state index in [0.29, 0.717) is 12.0 Å². The Labute approximate surface area is 96.6 Å². The van der Waals surface area contributed by atoms with Crippen molar-refractivity contribution in [2.24, 2.45) is 0 Å². The molecule has 0 spiro atoms. The third-order valence-corrected chi connectivity index (χ3v) is 3.92. The van der Waals surface area contributed by atoms with E-state index in [9.17, 15) is 0 Å². The fraction of sp³-hybridized carbons (Fsp3) is 0.769. The van der Waals surface area contributed by atoms with Gasteiger partial charge in [-0.25, -0.2) is 4.98 Å². The van der Waals surface area contributed by atoms with Crippen molar-refractivity contribution >= 4 is 0 Å². The summed E-state index contributed by atoms with van der Waals surface area (Å²) < 4.78 is 5.63. The van der Waals surface area contributed by atoms with Crippen LogP contribution in [0.2, 0.25) is 0 Å². The zero-order valence-electron chi connectivity index (χ0n) is 9.74. The zero-order valence-corrected chi connectivity index (χ0v) is 9.74. The molecule has 0 amide bonds. The van der Waals surface area contributed by atoms with E-state index in [1.165, 1.54) is 50.6 Å². The Morgan fingerprint density at radius 1 is 1.12 bits per heavy atom. The van der Waals surface area contributed by atoms with E-state index in [4.69, 9.17) is 4.42 Å². The van der Waals surface area contributed by atoms with E-state index < -0.39 is 0 Å². The Morgan fingerprint density at radius 3 is 2.75 bits per heavy atom. The lowest BCUT2D eigenvalue weighted by Gasteiger charge is -2.18. The van der Waals surface area contributed by atoms with Crippen LogP contribution in [0.5, 0.6) is 0 Å². The molecule has 3 rings (SSSR count). The van der Waals surface area contributed by atoms with Gasteiger partial charge in [0.15, 0.2) is 0 Å². The fourth-order valence-electron chi connectivity index (χ4n) is 2.94. The molecule has 16 heavy (non-hydrogen) atoms. The number of oxazole rings is 1. The van der Waals surface area contributed by atoms with Crippen LogP contribution in [-0.2, 0) is 0 Å². The molecule has 2 aliphatic rings. The first kappa shape index (κ1) is 10.3. The summed E-state index contributed by atoms with van der Waals surface area (Å²) in [6.07, 6.45) is 11.0. The van der Waals surface area contributed by atoms with Gasteiger partial charge in [0.2, 0.25) is 5.89 Å². The van der Waals surface area contributed by atoms with Gasteiger partial charge in [0.05, 0.1) is 11.7 Å². The summed E-state index contributed by atoms with van der Waals surface area (Å²) >= 11 is 0. The predicted octanol–water partition coefficient (Wildman–Crippen LogP) is 3.15. The van der Waals surface area contributed by atoms with Gasteiger partial charge in [0, 0.05) is 5.92 Å². The molecule has 0 bridgehead atoms. The first-order valence-electron chi connectivity index (χ1n) is 6.62. The Bertz CT molecular complexity index is 335. The maximum Gasteiger partial charge on any atom is 0.211 e. The van der Waals surface area contributed by atoms with Crippen molar-refractivity contribution in [3.8, 4) is 0 Å². The van der Waals surface area contributed by atoms with Crippen LogP contribution >= 0.6 is 0 Å². The molecule has 3 nitrogen and oxygen atoms in total. The molecule has 1 aliphatic carbocycles. The van der Waals surface area contributed by atoms with Gasteiger partial charge in [0.1, 0.15) is 6.26 Å². The first-order valence-corrected chi connectivity index (χ1v) is 6.62. The summed E-state index contributed by atoms with van der Waals surface area (Å²) in [6.45, 7) is 1.10. The molecule has 1 saturated carbocycles. The van der Waals surface area contributed by atoms with Crippen molar-refractivity contribution in [3.63, 3.8) is 0 Å². The van der Waals surface area contributed by atoms with Crippen molar-refractivity contribution in [2.45, 2.75) is 56.9 Å². The van der Waals surface area contributed by atoms with Crippen molar-refractivity contribution in [3.05, 3.63) is 17.8 Å². The van der Waals surface area contributed by atoms with Gasteiger partial charge < -0.3 is 9.73 Å². The summed E-state index contributed by atoms with van der Waals surface area (Å²) in [5.74, 6) is 1.57. The molecular weight excluding hydrogens is 200 g/mol. The van der Waals surface area contributed by atoms with Gasteiger partial charge in [0.25, 0.3) is 0 Å². The Kier molecular flexibility index (Phi) is 2.96. The molecule has 1 aromatic rings. The van der Waals surface area contributed by atoms with Crippen LogP contribution in [0.4, 0.5) is 0 Å². The first-order chi connectivity index (χ1) is 7.93. The molecule has 88 valence electrons. The highest BCUT2D eigenvalue weighted by atomic mass is 16.3. The molecule has 2 heterocycles. The minimum absolute atomic E-state index is 0.373. The minimum atomic E-state index is 0.373. The largest absolute Gasteiger partial charge is 0.447 e. The van der Waals surface area contributed by atoms with E-state index in [-0.39, 0.29) is 0 Å². The maximum atomic E-state index is 5.63. The minimum Gasteiger partial charge on any atom is -0.447 e. The molecule has 1 aromatic heterocycles. The van der Waals surface area contributed by atoms with E-state index in [1.54, 1.807) is 0 Å². The van der Waals surface area contributed by atoms with Crippen LogP contribution in [0.3, 0.4) is 0 Å². The number of nitrogens with zero attached hydrogens (tertiary/aromatic N) is 1. The van der Waals surface area contributed by atoms with E-state index in [2.05, 4.69) is 10.3 Å². The van der Waals surface area contributed by atoms with E-state index >= 15 is 0 Å². The van der Waals surface area contributed by atoms with Crippen LogP contribution in [0.15, 0.2) is 10.7 Å². The molecule has 0 radical (unpaired) electrons. The number of hydrogen-bond donors (Lipinski definition) is 1. The van der Waals surface area contributed by atoms with Crippen molar-refractivity contribution in [1.82, 2.24) is 10.3 Å². The van der Waals surface area contributed by atoms with Gasteiger partial charge >= 0.3 is 0 Å². The second-order valence-corrected chi connectivity index (χ2v) is 5.09. The van der Waals surface area contributed by atoms with Gasteiger partial charge in [-0.15, -0.1) is 0 Å². The van der Waals surface area contributed by atoms with E-state index in [0.717, 1.165) is 12.4 Å². The molecule has 2 fully saturated rings. The molecule has 1 aliphatic heterocycles. The standard InChI is InChI=1S/C13H20N2O/c1-2-5-10(6-3-1)12-9-16-13(15-12)11-7-4-8-14-11/h9-11,14H,1-8H2. The number of rotatable bonds is 2. The van der Waals surface area contributed by atoms with Gasteiger partial charge in [-0.2, -0.15) is 0 Å². The summed E-state index contributed by atoms with van der Waals surface area (Å²) in [5.41, 5.74) is 1.20. The Morgan fingerprint density at radius 2 is 2.00 bits per heavy atom. The molecule has 3 heteroatoms. The van der Waals surface area contributed by atoms with Crippen LogP contribution in [0.1, 0.15) is 68.5 Å². The molecule has 1 unspecified atom stereocenters. The molecule has 1 saturated heterocycles. The lowest BCUT2D eigenvalue weighted by molar-refractivity contribution is 0.427. The van der Waals surface area contributed by atoms with E-state index in [1.807, 2.05) is 6.26 Å². The summed E-state index contributed by atoms with van der Waals surface area (Å²) in [4.78, 5) is 4.69. The van der Waals surface area contributed by atoms with Crippen molar-refractivity contribution in [1.29, 1.82) is 0 Å². The van der Waals surface area contributed by atoms with Crippen LogP contribution in [0.25, 0.3) is 0 Å². The van der Waals surface area contributed by atoms with Crippen molar-refractivity contribution < 1.29 is 4.42 Å². The second-order valence-electron chi connectivity index (χ2n) is 5.09. The topological polar surface area (TPSA) is 38.1 Å². The molecule has 1 N–H and O–H groups in total. The van der Waals surface area contributed by atoms with Crippen LogP contribution in [0, 0.1) is 0 Å². The Balaban J connectivity index is 1.71. The summed E-state index contributed by atoms with van der Waals surface area (Å²) in [6, 6.07) is 0.373. The summed E-state index contributed by atoms with van der Waals surface area (Å²) in [7, 11) is 0. The number of hydrogen-bond acceptors (Lipinski definition) is 3. The number of aromatic nitrogens is 1. The molecule has 1 atom stereocenters. The molecule has 0 aromatic carbocycles. The quantitative estimate of drug-likeness (QED) is 0.832. The van der Waals surface area contributed by atoms with Crippen molar-refractivity contribution in [2.75, 3.05) is 6.54 Å². The fourth-order valence-corrected chi connectivity index (χ4v) is 2.94. The van der Waals surface area contributed by atoms with Crippen LogP contribution < -0.4 is 5.32 Å². The SMILES string of the molecule is c1oc(C2CCCN2)nc1C1CCCCC1. The van der Waals surface area contributed by atoms with Crippen LogP contribution in [-0.4, -0.2) is 11.5 Å². The lowest BCUT2D eigenvalue weighted by atomic mass is 9.87. The average molecular weight is 220 g/mol. The maximum absolute atomic E-state index is 5.63. The van der Waals surface area contributed by atoms with Gasteiger partial charge in [-0.3, -0.25) is 0 Å². The monoisotopic (exact) mass is 220 g/mol. The normalized spacial score (nSPS) is 27.4. The highest BCUT2D eigenvalue weighted by Gasteiger charge is 2.24. The highest BCUT2D eigenvalue weighted by molar-refractivity contribution is 5.07. The number of nitrogens with one attached hydrogen (secondary N) is 1. The average Bonchev–Trinajstić information content (AvgIpc) is 3.01. The lowest BCUT2D eigenvalue weighted by Crippen LogP contribution is -2.13. The third kappa shape index (κ3) is 2.01. The molecular formula is C13H20N2O. The highest BCUT2D eigenvalue weighted by Crippen LogP contribution is 2.33. The predicted molar refractivity (Wildman–Crippen MR) is 62.3 cm³/mol. The second kappa shape index (κ2) is 4.58. The third-order valence-electron chi connectivity index (χ3n) is 3.92. The Hall–Kier alpha value is -0.830. The van der Waals surface area contributed by atoms with Gasteiger partial charge in [-0.1, -0.05) is 19.3 Å². The summed E-state index contributed by atoms with van der Waals surface area (Å²) in [5, 5.41) is 3.43. The zero-order chi connectivity index (χ0) is 10.8. The van der Waals surface area contributed by atoms with Gasteiger partial charge in [-0.05, 0) is 32.2 Å².